The molecule has 2 fully saturated rings. The molecule has 1 heterocycles. The van der Waals surface area contributed by atoms with Gasteiger partial charge in [-0.15, -0.1) is 0 Å². The first-order valence-electron chi connectivity index (χ1n) is 7.64. The molecule has 0 aromatic carbocycles. The van der Waals surface area contributed by atoms with Gasteiger partial charge in [0.25, 0.3) is 0 Å². The maximum absolute atomic E-state index is 12.6. The molecular formula is C15H28N2O2. The third-order valence-corrected chi connectivity index (χ3v) is 4.65. The quantitative estimate of drug-likeness (QED) is 0.802. The Labute approximate surface area is 116 Å². The first kappa shape index (κ1) is 14.8. The zero-order valence-electron chi connectivity index (χ0n) is 12.7. The Hall–Kier alpha value is -0.610. The lowest BCUT2D eigenvalue weighted by Crippen LogP contribution is -2.54. The zero-order valence-corrected chi connectivity index (χ0v) is 12.7. The maximum atomic E-state index is 12.6. The minimum Gasteiger partial charge on any atom is -0.376 e. The van der Waals surface area contributed by atoms with Crippen molar-refractivity contribution in [3.8, 4) is 0 Å². The van der Waals surface area contributed by atoms with Gasteiger partial charge in [0.15, 0.2) is 0 Å². The Morgan fingerprint density at radius 2 is 2.16 bits per heavy atom. The molecule has 1 saturated heterocycles. The first-order chi connectivity index (χ1) is 9.03. The highest BCUT2D eigenvalue weighted by Gasteiger charge is 2.46. The van der Waals surface area contributed by atoms with Crippen LogP contribution in [0.1, 0.15) is 52.9 Å². The molecule has 1 aliphatic carbocycles. The van der Waals surface area contributed by atoms with E-state index in [2.05, 4.69) is 26.1 Å². The molecule has 0 aromatic heterocycles. The molecule has 19 heavy (non-hydrogen) atoms. The Balaban J connectivity index is 2.08. The van der Waals surface area contributed by atoms with Crippen molar-refractivity contribution in [3.63, 3.8) is 0 Å². The van der Waals surface area contributed by atoms with Crippen molar-refractivity contribution in [1.82, 2.24) is 10.2 Å². The van der Waals surface area contributed by atoms with Gasteiger partial charge in [-0.05, 0) is 31.6 Å². The van der Waals surface area contributed by atoms with Gasteiger partial charge in [0.2, 0.25) is 5.91 Å². The molecule has 1 saturated carbocycles. The summed E-state index contributed by atoms with van der Waals surface area (Å²) >= 11 is 0. The normalized spacial score (nSPS) is 29.9. The molecule has 4 heteroatoms. The van der Waals surface area contributed by atoms with Crippen LogP contribution >= 0.6 is 0 Å². The van der Waals surface area contributed by atoms with Gasteiger partial charge in [-0.2, -0.15) is 0 Å². The van der Waals surface area contributed by atoms with Gasteiger partial charge in [0, 0.05) is 7.11 Å². The van der Waals surface area contributed by atoms with Gasteiger partial charge in [-0.25, -0.2) is 0 Å². The van der Waals surface area contributed by atoms with E-state index >= 15 is 0 Å². The largest absolute Gasteiger partial charge is 0.376 e. The van der Waals surface area contributed by atoms with Crippen LogP contribution in [0.5, 0.6) is 0 Å². The lowest BCUT2D eigenvalue weighted by molar-refractivity contribution is -0.141. The van der Waals surface area contributed by atoms with E-state index < -0.39 is 0 Å². The summed E-state index contributed by atoms with van der Waals surface area (Å²) < 4.78 is 5.69. The summed E-state index contributed by atoms with van der Waals surface area (Å²) in [5, 5.41) is 3.51. The smallest absolute Gasteiger partial charge is 0.241 e. The third kappa shape index (κ3) is 2.79. The molecular weight excluding hydrogens is 240 g/mol. The summed E-state index contributed by atoms with van der Waals surface area (Å²) in [4.78, 5) is 14.6. The summed E-state index contributed by atoms with van der Waals surface area (Å²) in [6, 6.07) is 0.00591. The van der Waals surface area contributed by atoms with Crippen molar-refractivity contribution in [2.45, 2.75) is 70.7 Å². The number of carbonyl (C=O) groups is 1. The van der Waals surface area contributed by atoms with Gasteiger partial charge in [-0.3, -0.25) is 10.1 Å². The van der Waals surface area contributed by atoms with Gasteiger partial charge in [0.1, 0.15) is 0 Å². The lowest BCUT2D eigenvalue weighted by Gasteiger charge is -2.44. The van der Waals surface area contributed by atoms with Crippen molar-refractivity contribution in [2.75, 3.05) is 13.7 Å². The highest BCUT2D eigenvalue weighted by molar-refractivity contribution is 5.84. The Morgan fingerprint density at radius 3 is 2.58 bits per heavy atom. The fraction of sp³-hybridized carbons (Fsp3) is 0.933. The Kier molecular flexibility index (Phi) is 4.51. The molecule has 2 rings (SSSR count). The summed E-state index contributed by atoms with van der Waals surface area (Å²) in [6.45, 7) is 7.22. The molecule has 4 nitrogen and oxygen atoms in total. The second kappa shape index (κ2) is 5.80. The first-order valence-corrected chi connectivity index (χ1v) is 7.64. The van der Waals surface area contributed by atoms with Crippen LogP contribution in [0.3, 0.4) is 0 Å². The van der Waals surface area contributed by atoms with Crippen LogP contribution in [0.15, 0.2) is 0 Å². The monoisotopic (exact) mass is 268 g/mol. The van der Waals surface area contributed by atoms with Crippen LogP contribution in [-0.4, -0.2) is 42.3 Å². The molecule has 110 valence electrons. The van der Waals surface area contributed by atoms with Crippen LogP contribution in [0.25, 0.3) is 0 Å². The predicted molar refractivity (Wildman–Crippen MR) is 75.8 cm³/mol. The van der Waals surface area contributed by atoms with Crippen molar-refractivity contribution in [1.29, 1.82) is 0 Å². The number of nitrogens with one attached hydrogen (secondary N) is 1. The van der Waals surface area contributed by atoms with Crippen molar-refractivity contribution in [2.24, 2.45) is 5.92 Å². The van der Waals surface area contributed by atoms with Crippen molar-refractivity contribution in [3.05, 3.63) is 0 Å². The number of nitrogens with zero attached hydrogens (tertiary/aromatic N) is 1. The summed E-state index contributed by atoms with van der Waals surface area (Å²) in [5.74, 6) is 0.698. The molecule has 1 N–H and O–H groups in total. The number of hydrogen-bond acceptors (Lipinski definition) is 3. The molecule has 1 amide bonds. The number of methoxy groups -OCH3 is 1. The molecule has 2 aliphatic rings. The molecule has 2 atom stereocenters. The molecule has 0 spiro atoms. The SMILES string of the molecule is CCCC1NC(C(C)C)N(CC2(OC)CCC2)C1=O. The van der Waals surface area contributed by atoms with Crippen molar-refractivity contribution >= 4 is 5.91 Å². The summed E-state index contributed by atoms with van der Waals surface area (Å²) in [7, 11) is 1.78. The van der Waals surface area contributed by atoms with Gasteiger partial charge in [0.05, 0.1) is 24.4 Å². The third-order valence-electron chi connectivity index (χ3n) is 4.65. The second-order valence-electron chi connectivity index (χ2n) is 6.40. The number of rotatable bonds is 6. The molecule has 0 aromatic rings. The number of carbonyl (C=O) groups excluding carboxylic acids is 1. The Bertz CT molecular complexity index is 321. The van der Waals surface area contributed by atoms with Crippen LogP contribution in [0, 0.1) is 5.92 Å². The van der Waals surface area contributed by atoms with E-state index in [-0.39, 0.29) is 23.7 Å². The van der Waals surface area contributed by atoms with Gasteiger partial charge < -0.3 is 9.64 Å². The van der Waals surface area contributed by atoms with E-state index in [9.17, 15) is 4.79 Å². The zero-order chi connectivity index (χ0) is 14.0. The fourth-order valence-electron chi connectivity index (χ4n) is 3.24. The average Bonchev–Trinajstić information content (AvgIpc) is 2.63. The van der Waals surface area contributed by atoms with E-state index in [1.165, 1.54) is 6.42 Å². The van der Waals surface area contributed by atoms with E-state index in [1.807, 2.05) is 4.90 Å². The van der Waals surface area contributed by atoms with Crippen LogP contribution in [0.2, 0.25) is 0 Å². The van der Waals surface area contributed by atoms with Crippen LogP contribution in [-0.2, 0) is 9.53 Å². The lowest BCUT2D eigenvalue weighted by atomic mass is 9.79. The summed E-state index contributed by atoms with van der Waals surface area (Å²) in [6.07, 6.45) is 5.51. The Morgan fingerprint density at radius 1 is 1.47 bits per heavy atom. The average molecular weight is 268 g/mol. The van der Waals surface area contributed by atoms with E-state index in [0.29, 0.717) is 5.92 Å². The standard InChI is InChI=1S/C15H28N2O2/c1-5-7-12-14(18)17(13(16-12)11(2)3)10-15(19-4)8-6-9-15/h11-13,16H,5-10H2,1-4H3. The van der Waals surface area contributed by atoms with Gasteiger partial charge in [-0.1, -0.05) is 27.2 Å². The predicted octanol–water partition coefficient (Wildman–Crippen LogP) is 2.14. The van der Waals surface area contributed by atoms with E-state index in [1.54, 1.807) is 7.11 Å². The topological polar surface area (TPSA) is 41.6 Å². The maximum Gasteiger partial charge on any atom is 0.241 e. The second-order valence-corrected chi connectivity index (χ2v) is 6.40. The highest BCUT2D eigenvalue weighted by Crippen LogP contribution is 2.37. The molecule has 0 radical (unpaired) electrons. The molecule has 1 aliphatic heterocycles. The van der Waals surface area contributed by atoms with Crippen molar-refractivity contribution < 1.29 is 9.53 Å². The highest BCUT2D eigenvalue weighted by atomic mass is 16.5. The number of amides is 1. The van der Waals surface area contributed by atoms with E-state index in [4.69, 9.17) is 4.74 Å². The fourth-order valence-corrected chi connectivity index (χ4v) is 3.24. The van der Waals surface area contributed by atoms with Crippen LogP contribution in [0.4, 0.5) is 0 Å². The van der Waals surface area contributed by atoms with Gasteiger partial charge >= 0.3 is 0 Å². The molecule has 0 bridgehead atoms. The number of hydrogen-bond donors (Lipinski definition) is 1. The summed E-state index contributed by atoms with van der Waals surface area (Å²) in [5.41, 5.74) is -0.0778. The minimum atomic E-state index is -0.0778. The minimum absolute atomic E-state index is 0.00591. The van der Waals surface area contributed by atoms with E-state index in [0.717, 1.165) is 32.2 Å². The number of ether oxygens (including phenoxy) is 1. The van der Waals surface area contributed by atoms with Crippen LogP contribution < -0.4 is 5.32 Å². The molecule has 2 unspecified atom stereocenters.